The van der Waals surface area contributed by atoms with E-state index in [0.29, 0.717) is 11.3 Å². The third-order valence-corrected chi connectivity index (χ3v) is 5.03. The Morgan fingerprint density at radius 2 is 1.84 bits per heavy atom. The molecule has 0 aliphatic carbocycles. The quantitative estimate of drug-likeness (QED) is 0.402. The average Bonchev–Trinajstić information content (AvgIpc) is 2.75. The number of ether oxygens (including phenoxy) is 2. The highest BCUT2D eigenvalue weighted by Crippen LogP contribution is 2.39. The van der Waals surface area contributed by atoms with Gasteiger partial charge in [-0.3, -0.25) is 14.9 Å². The summed E-state index contributed by atoms with van der Waals surface area (Å²) in [5.74, 6) is -1.36. The monoisotopic (exact) mass is 424 g/mol. The molecule has 1 aliphatic rings. The predicted molar refractivity (Wildman–Crippen MR) is 114 cm³/mol. The number of rotatable bonds is 7. The molecule has 0 aromatic heterocycles. The highest BCUT2D eigenvalue weighted by atomic mass is 16.6. The van der Waals surface area contributed by atoms with Crippen LogP contribution >= 0.6 is 0 Å². The number of carbonyl (C=O) groups is 2. The Balaban J connectivity index is 2.03. The molecule has 31 heavy (non-hydrogen) atoms. The van der Waals surface area contributed by atoms with E-state index in [1.165, 1.54) is 19.1 Å². The van der Waals surface area contributed by atoms with Crippen LogP contribution in [0.25, 0.3) is 0 Å². The van der Waals surface area contributed by atoms with E-state index in [4.69, 9.17) is 9.47 Å². The van der Waals surface area contributed by atoms with Crippen LogP contribution in [-0.2, 0) is 19.1 Å². The third-order valence-electron chi connectivity index (χ3n) is 5.03. The van der Waals surface area contributed by atoms with Crippen LogP contribution in [0.4, 0.5) is 11.4 Å². The highest BCUT2D eigenvalue weighted by molar-refractivity contribution is 5.93. The molecule has 8 nitrogen and oxygen atoms in total. The summed E-state index contributed by atoms with van der Waals surface area (Å²) in [6, 6.07) is 13.4. The molecule has 2 atom stereocenters. The van der Waals surface area contributed by atoms with Crippen molar-refractivity contribution in [3.05, 3.63) is 81.6 Å². The number of ketones is 1. The van der Waals surface area contributed by atoms with E-state index in [2.05, 4.69) is 5.32 Å². The lowest BCUT2D eigenvalue weighted by atomic mass is 9.86. The van der Waals surface area contributed by atoms with Crippen LogP contribution < -0.4 is 5.32 Å². The van der Waals surface area contributed by atoms with Crippen LogP contribution in [0.3, 0.4) is 0 Å². The van der Waals surface area contributed by atoms with Crippen LogP contribution in [0.15, 0.2) is 60.4 Å². The molecule has 8 heteroatoms. The Labute approximate surface area is 180 Å². The summed E-state index contributed by atoms with van der Waals surface area (Å²) in [7, 11) is 0. The summed E-state index contributed by atoms with van der Waals surface area (Å²) in [5.41, 5.74) is 0.723. The number of Topliss-reactive ketones (excluding diaryl/α,β-unsaturated/α-hetero) is 1. The van der Waals surface area contributed by atoms with Gasteiger partial charge in [0.2, 0.25) is 0 Å². The maximum absolute atomic E-state index is 13.0. The van der Waals surface area contributed by atoms with Crippen molar-refractivity contribution in [1.82, 2.24) is 0 Å². The summed E-state index contributed by atoms with van der Waals surface area (Å²) in [4.78, 5) is 35.8. The molecule has 0 bridgehead atoms. The molecule has 1 heterocycles. The van der Waals surface area contributed by atoms with Crippen molar-refractivity contribution in [3.8, 4) is 0 Å². The molecule has 0 radical (unpaired) electrons. The van der Waals surface area contributed by atoms with E-state index < -0.39 is 22.5 Å². The van der Waals surface area contributed by atoms with Gasteiger partial charge in [0.25, 0.3) is 11.4 Å². The van der Waals surface area contributed by atoms with E-state index in [9.17, 15) is 19.7 Å². The molecule has 2 aromatic carbocycles. The first-order valence-electron chi connectivity index (χ1n) is 9.92. The predicted octanol–water partition coefficient (Wildman–Crippen LogP) is 4.25. The summed E-state index contributed by atoms with van der Waals surface area (Å²) in [6.07, 6.45) is 1.77. The molecule has 3 rings (SSSR count). The summed E-state index contributed by atoms with van der Waals surface area (Å²) >= 11 is 0. The van der Waals surface area contributed by atoms with Gasteiger partial charge in [-0.05, 0) is 37.6 Å². The van der Waals surface area contributed by atoms with Gasteiger partial charge in [-0.1, -0.05) is 29.8 Å². The maximum Gasteiger partial charge on any atom is 0.372 e. The number of nitrogens with zero attached hydrogens (tertiary/aromatic N) is 1. The van der Waals surface area contributed by atoms with Crippen molar-refractivity contribution in [1.29, 1.82) is 0 Å². The number of aryl methyl sites for hydroxylation is 1. The van der Waals surface area contributed by atoms with Crippen LogP contribution in [0.5, 0.6) is 0 Å². The standard InChI is InChI=1S/C23H24N2O6/c1-4-30-22(27)23(24-19-9-5-15(2)6-10-19)14-18(13-21(31-23)16(3)26)17-7-11-20(12-8-17)25(28)29/h5-13,18,24H,4,14H2,1-3H3. The van der Waals surface area contributed by atoms with Gasteiger partial charge < -0.3 is 14.8 Å². The molecule has 1 aliphatic heterocycles. The normalized spacial score (nSPS) is 20.2. The molecule has 0 saturated carbocycles. The lowest BCUT2D eigenvalue weighted by Gasteiger charge is -2.39. The fourth-order valence-electron chi connectivity index (χ4n) is 3.43. The van der Waals surface area contributed by atoms with E-state index in [1.807, 2.05) is 31.2 Å². The van der Waals surface area contributed by atoms with E-state index >= 15 is 0 Å². The number of carbonyl (C=O) groups excluding carboxylic acids is 2. The van der Waals surface area contributed by atoms with Crippen molar-refractivity contribution in [3.63, 3.8) is 0 Å². The molecular formula is C23H24N2O6. The van der Waals surface area contributed by atoms with Crippen LogP contribution in [0.2, 0.25) is 0 Å². The highest BCUT2D eigenvalue weighted by Gasteiger charge is 2.48. The second-order valence-electron chi connectivity index (χ2n) is 7.39. The number of esters is 1. The number of non-ortho nitro benzene ring substituents is 1. The van der Waals surface area contributed by atoms with Gasteiger partial charge in [0.15, 0.2) is 11.5 Å². The van der Waals surface area contributed by atoms with Crippen molar-refractivity contribution in [2.24, 2.45) is 0 Å². The average molecular weight is 424 g/mol. The zero-order valence-corrected chi connectivity index (χ0v) is 17.6. The number of benzene rings is 2. The van der Waals surface area contributed by atoms with Gasteiger partial charge in [-0.15, -0.1) is 0 Å². The number of anilines is 1. The van der Waals surface area contributed by atoms with Crippen molar-refractivity contribution in [2.75, 3.05) is 11.9 Å². The Kier molecular flexibility index (Phi) is 6.39. The summed E-state index contributed by atoms with van der Waals surface area (Å²) in [6.45, 7) is 5.13. The topological polar surface area (TPSA) is 108 Å². The van der Waals surface area contributed by atoms with Crippen LogP contribution in [-0.4, -0.2) is 29.0 Å². The minimum absolute atomic E-state index is 0.0299. The number of allylic oxidation sites excluding steroid dienone is 2. The molecular weight excluding hydrogens is 400 g/mol. The Bertz CT molecular complexity index is 1010. The Hall–Kier alpha value is -3.68. The molecule has 1 N–H and O–H groups in total. The molecule has 0 saturated heterocycles. The number of nitro benzene ring substituents is 1. The lowest BCUT2D eigenvalue weighted by Crippen LogP contribution is -2.52. The Morgan fingerprint density at radius 1 is 1.19 bits per heavy atom. The molecule has 2 unspecified atom stereocenters. The van der Waals surface area contributed by atoms with Gasteiger partial charge in [0.05, 0.1) is 11.5 Å². The van der Waals surface area contributed by atoms with Crippen LogP contribution in [0, 0.1) is 17.0 Å². The smallest absolute Gasteiger partial charge is 0.372 e. The number of nitro groups is 1. The number of hydrogen-bond donors (Lipinski definition) is 1. The fourth-order valence-corrected chi connectivity index (χ4v) is 3.43. The summed E-state index contributed by atoms with van der Waals surface area (Å²) < 4.78 is 11.2. The van der Waals surface area contributed by atoms with Gasteiger partial charge in [-0.2, -0.15) is 0 Å². The van der Waals surface area contributed by atoms with E-state index in [0.717, 1.165) is 5.56 Å². The minimum Gasteiger partial charge on any atom is -0.462 e. The zero-order valence-electron chi connectivity index (χ0n) is 17.6. The third kappa shape index (κ3) is 4.91. The van der Waals surface area contributed by atoms with Gasteiger partial charge in [0.1, 0.15) is 0 Å². The van der Waals surface area contributed by atoms with Gasteiger partial charge in [-0.25, -0.2) is 4.79 Å². The van der Waals surface area contributed by atoms with Crippen LogP contribution in [0.1, 0.15) is 37.3 Å². The van der Waals surface area contributed by atoms with Crippen molar-refractivity contribution >= 4 is 23.1 Å². The maximum atomic E-state index is 13.0. The van der Waals surface area contributed by atoms with Crippen molar-refractivity contribution in [2.45, 2.75) is 38.8 Å². The van der Waals surface area contributed by atoms with E-state index in [-0.39, 0.29) is 30.3 Å². The minimum atomic E-state index is -1.63. The van der Waals surface area contributed by atoms with Gasteiger partial charge in [0, 0.05) is 37.1 Å². The number of nitrogens with one attached hydrogen (secondary N) is 1. The largest absolute Gasteiger partial charge is 0.462 e. The zero-order chi connectivity index (χ0) is 22.6. The second kappa shape index (κ2) is 8.99. The van der Waals surface area contributed by atoms with E-state index in [1.54, 1.807) is 25.1 Å². The first-order valence-corrected chi connectivity index (χ1v) is 9.92. The second-order valence-corrected chi connectivity index (χ2v) is 7.39. The molecule has 2 aromatic rings. The molecule has 0 amide bonds. The first-order chi connectivity index (χ1) is 14.7. The van der Waals surface area contributed by atoms with Gasteiger partial charge >= 0.3 is 5.97 Å². The molecule has 0 spiro atoms. The number of hydrogen-bond acceptors (Lipinski definition) is 7. The van der Waals surface area contributed by atoms with Crippen molar-refractivity contribution < 1.29 is 24.0 Å². The Morgan fingerprint density at radius 3 is 2.39 bits per heavy atom. The first kappa shape index (κ1) is 22.0. The molecule has 162 valence electrons. The lowest BCUT2D eigenvalue weighted by molar-refractivity contribution is -0.384. The fraction of sp³-hybridized carbons (Fsp3) is 0.304. The summed E-state index contributed by atoms with van der Waals surface area (Å²) in [5, 5.41) is 14.1. The molecule has 0 fully saturated rings. The SMILES string of the molecule is CCOC(=O)C1(Nc2ccc(C)cc2)CC(c2ccc([N+](=O)[O-])cc2)C=C(C(C)=O)O1.